The molecule has 0 saturated carbocycles. The number of rotatable bonds is 4. The number of nitrogens with two attached hydrogens (primary N) is 2. The highest BCUT2D eigenvalue weighted by atomic mass is 32.2. The minimum atomic E-state index is 0.0112. The van der Waals surface area contributed by atoms with Crippen LogP contribution in [0.15, 0.2) is 82.6 Å². The third-order valence-electron chi connectivity index (χ3n) is 6.46. The third kappa shape index (κ3) is 3.66. The lowest BCUT2D eigenvalue weighted by Gasteiger charge is -2.20. The van der Waals surface area contributed by atoms with Crippen LogP contribution in [0.1, 0.15) is 11.1 Å². The largest absolute Gasteiger partial charge is 0.455 e. The lowest BCUT2D eigenvalue weighted by Crippen LogP contribution is -2.10. The number of hydrogen-bond donors (Lipinski definition) is 6. The molecule has 0 radical (unpaired) electrons. The van der Waals surface area contributed by atoms with Crippen LogP contribution in [0.5, 0.6) is 11.5 Å². The smallest absolute Gasteiger partial charge is 0.142 e. The Bertz CT molecular complexity index is 1810. The Kier molecular flexibility index (Phi) is 4.79. The van der Waals surface area contributed by atoms with Gasteiger partial charge in [0, 0.05) is 22.3 Å². The van der Waals surface area contributed by atoms with E-state index in [1.807, 2.05) is 48.5 Å². The first-order chi connectivity index (χ1) is 18.4. The second-order valence-electron chi connectivity index (χ2n) is 8.99. The number of imidazole rings is 2. The molecule has 10 heteroatoms. The molecule has 3 heterocycles. The Balaban J connectivity index is 1.21. The van der Waals surface area contributed by atoms with Crippen molar-refractivity contribution >= 4 is 45.5 Å². The van der Waals surface area contributed by atoms with E-state index in [1.165, 1.54) is 0 Å². The molecule has 0 spiro atoms. The quantitative estimate of drug-likeness (QED) is 0.132. The van der Waals surface area contributed by atoms with Crippen LogP contribution in [0.4, 0.5) is 0 Å². The lowest BCUT2D eigenvalue weighted by atomic mass is 10.2. The second-order valence-corrected chi connectivity index (χ2v) is 10.1. The van der Waals surface area contributed by atoms with Crippen molar-refractivity contribution in [1.82, 2.24) is 19.9 Å². The van der Waals surface area contributed by atoms with Crippen LogP contribution in [0, 0.1) is 10.8 Å². The molecular weight excluding hydrogens is 496 g/mol. The monoisotopic (exact) mass is 516 g/mol. The molecule has 9 nitrogen and oxygen atoms in total. The van der Waals surface area contributed by atoms with Crippen molar-refractivity contribution in [3.05, 3.63) is 83.9 Å². The number of nitrogen functional groups attached to an aromatic ring is 2. The fourth-order valence-electron chi connectivity index (χ4n) is 4.50. The Morgan fingerprint density at radius 2 is 1.13 bits per heavy atom. The number of amidine groups is 2. The molecule has 0 unspecified atom stereocenters. The molecule has 0 fully saturated rings. The average molecular weight is 517 g/mol. The summed E-state index contributed by atoms with van der Waals surface area (Å²) in [5.41, 5.74) is 17.5. The molecule has 7 rings (SSSR count). The number of nitrogens with zero attached hydrogens (tertiary/aromatic N) is 2. The number of aromatic amines is 2. The summed E-state index contributed by atoms with van der Waals surface area (Å²) in [5, 5.41) is 15.3. The first kappa shape index (κ1) is 22.1. The number of aromatic nitrogens is 4. The van der Waals surface area contributed by atoms with Gasteiger partial charge in [-0.15, -0.1) is 0 Å². The number of benzene rings is 4. The molecule has 8 N–H and O–H groups in total. The van der Waals surface area contributed by atoms with E-state index < -0.39 is 0 Å². The zero-order chi connectivity index (χ0) is 26.0. The first-order valence-corrected chi connectivity index (χ1v) is 12.6. The van der Waals surface area contributed by atoms with Crippen LogP contribution in [-0.2, 0) is 0 Å². The molecule has 0 saturated heterocycles. The summed E-state index contributed by atoms with van der Waals surface area (Å²) in [5.74, 6) is 2.94. The van der Waals surface area contributed by atoms with Crippen LogP contribution in [-0.4, -0.2) is 31.6 Å². The fraction of sp³-hybridized carbons (Fsp3) is 0. The number of hydrogen-bond acceptors (Lipinski definition) is 6. The summed E-state index contributed by atoms with van der Waals surface area (Å²) in [6, 6.07) is 23.0. The number of H-pyrrole nitrogens is 2. The standard InChI is InChI=1S/C28H20N8OS/c29-25(30)13-1-5-17-19(9-13)35-27(33-17)15-3-7-23-21(11-15)37-22-12-16(4-8-24(22)38-23)28-34-18-6-2-14(26(31)32)10-20(18)36-28/h1-12H,(H3,29,30)(H3,31,32)(H,33,35)(H,34,36). The van der Waals surface area contributed by atoms with Gasteiger partial charge in [-0.1, -0.05) is 11.8 Å². The summed E-state index contributed by atoms with van der Waals surface area (Å²) < 4.78 is 6.36. The molecule has 4 aromatic carbocycles. The molecule has 0 aliphatic carbocycles. The maximum atomic E-state index is 7.67. The molecule has 0 bridgehead atoms. The minimum absolute atomic E-state index is 0.0112. The summed E-state index contributed by atoms with van der Waals surface area (Å²) in [6.07, 6.45) is 0. The molecule has 0 amide bonds. The SMILES string of the molecule is N=C(N)c1ccc2[nH]c(-c3ccc4c(c3)Oc3cc(-c5nc6cc(C(=N)N)ccc6[nH]5)ccc3S4)nc2c1. The highest BCUT2D eigenvalue weighted by Gasteiger charge is 2.21. The summed E-state index contributed by atoms with van der Waals surface area (Å²) in [4.78, 5) is 18.1. The summed E-state index contributed by atoms with van der Waals surface area (Å²) in [6.45, 7) is 0. The van der Waals surface area contributed by atoms with Gasteiger partial charge in [-0.3, -0.25) is 10.8 Å². The van der Waals surface area contributed by atoms with E-state index in [1.54, 1.807) is 36.0 Å². The summed E-state index contributed by atoms with van der Waals surface area (Å²) in [7, 11) is 0. The number of fused-ring (bicyclic) bond motifs is 4. The molecule has 1 aliphatic rings. The van der Waals surface area contributed by atoms with Crippen molar-refractivity contribution in [2.24, 2.45) is 11.5 Å². The van der Waals surface area contributed by atoms with E-state index in [0.717, 1.165) is 54.5 Å². The fourth-order valence-corrected chi connectivity index (χ4v) is 5.41. The van der Waals surface area contributed by atoms with Crippen molar-refractivity contribution in [3.8, 4) is 34.3 Å². The van der Waals surface area contributed by atoms with Gasteiger partial charge < -0.3 is 26.2 Å². The highest BCUT2D eigenvalue weighted by Crippen LogP contribution is 2.49. The lowest BCUT2D eigenvalue weighted by molar-refractivity contribution is 0.455. The summed E-state index contributed by atoms with van der Waals surface area (Å²) >= 11 is 1.65. The molecule has 2 aromatic heterocycles. The van der Waals surface area contributed by atoms with Crippen molar-refractivity contribution in [2.75, 3.05) is 0 Å². The van der Waals surface area contributed by atoms with Crippen LogP contribution in [0.2, 0.25) is 0 Å². The predicted molar refractivity (Wildman–Crippen MR) is 149 cm³/mol. The van der Waals surface area contributed by atoms with Gasteiger partial charge in [0.15, 0.2) is 0 Å². The molecule has 0 atom stereocenters. The molecule has 6 aromatic rings. The van der Waals surface area contributed by atoms with Gasteiger partial charge in [-0.2, -0.15) is 0 Å². The van der Waals surface area contributed by atoms with Crippen LogP contribution < -0.4 is 16.2 Å². The Morgan fingerprint density at radius 3 is 1.58 bits per heavy atom. The van der Waals surface area contributed by atoms with E-state index in [2.05, 4.69) is 9.97 Å². The molecule has 1 aliphatic heterocycles. The van der Waals surface area contributed by atoms with E-state index in [9.17, 15) is 0 Å². The van der Waals surface area contributed by atoms with Crippen LogP contribution in [0.25, 0.3) is 44.8 Å². The molecule has 38 heavy (non-hydrogen) atoms. The van der Waals surface area contributed by atoms with Gasteiger partial charge in [0.05, 0.1) is 31.9 Å². The predicted octanol–water partition coefficient (Wildman–Crippen LogP) is 5.60. The van der Waals surface area contributed by atoms with Crippen molar-refractivity contribution < 1.29 is 4.74 Å². The van der Waals surface area contributed by atoms with Crippen molar-refractivity contribution in [1.29, 1.82) is 10.8 Å². The van der Waals surface area contributed by atoms with Crippen molar-refractivity contribution in [2.45, 2.75) is 9.79 Å². The van der Waals surface area contributed by atoms with Crippen LogP contribution >= 0.6 is 11.8 Å². The van der Waals surface area contributed by atoms with Gasteiger partial charge in [0.1, 0.15) is 34.8 Å². The van der Waals surface area contributed by atoms with Crippen LogP contribution in [0.3, 0.4) is 0 Å². The van der Waals surface area contributed by atoms with Gasteiger partial charge in [-0.25, -0.2) is 9.97 Å². The third-order valence-corrected chi connectivity index (χ3v) is 7.58. The Labute approximate surface area is 220 Å². The van der Waals surface area contributed by atoms with E-state index in [-0.39, 0.29) is 11.7 Å². The maximum absolute atomic E-state index is 7.67. The van der Waals surface area contributed by atoms with Gasteiger partial charge in [0.25, 0.3) is 0 Å². The zero-order valence-corrected chi connectivity index (χ0v) is 20.6. The molecule has 184 valence electrons. The van der Waals surface area contributed by atoms with E-state index in [4.69, 9.17) is 37.0 Å². The topological polar surface area (TPSA) is 166 Å². The molecular formula is C28H20N8OS. The normalized spacial score (nSPS) is 12.2. The van der Waals surface area contributed by atoms with E-state index >= 15 is 0 Å². The first-order valence-electron chi connectivity index (χ1n) is 11.7. The minimum Gasteiger partial charge on any atom is -0.455 e. The number of ether oxygens (including phenoxy) is 1. The second kappa shape index (κ2) is 8.22. The number of nitrogens with one attached hydrogen (secondary N) is 4. The van der Waals surface area contributed by atoms with Gasteiger partial charge in [-0.05, 0) is 72.8 Å². The van der Waals surface area contributed by atoms with Gasteiger partial charge in [0.2, 0.25) is 0 Å². The Hall–Kier alpha value is -5.09. The highest BCUT2D eigenvalue weighted by molar-refractivity contribution is 7.99. The van der Waals surface area contributed by atoms with Crippen molar-refractivity contribution in [3.63, 3.8) is 0 Å². The van der Waals surface area contributed by atoms with Gasteiger partial charge >= 0.3 is 0 Å². The van der Waals surface area contributed by atoms with E-state index in [0.29, 0.717) is 22.8 Å². The average Bonchev–Trinajstić information content (AvgIpc) is 3.54. The zero-order valence-electron chi connectivity index (χ0n) is 19.8. The Morgan fingerprint density at radius 1 is 0.658 bits per heavy atom. The maximum Gasteiger partial charge on any atom is 0.142 e.